The van der Waals surface area contributed by atoms with Crippen LogP contribution in [0.25, 0.3) is 0 Å². The zero-order valence-corrected chi connectivity index (χ0v) is 12.5. The van der Waals surface area contributed by atoms with E-state index in [4.69, 9.17) is 4.74 Å². The summed E-state index contributed by atoms with van der Waals surface area (Å²) in [6.07, 6.45) is 1.94. The lowest BCUT2D eigenvalue weighted by Crippen LogP contribution is -2.21. The quantitative estimate of drug-likeness (QED) is 0.879. The highest BCUT2D eigenvalue weighted by atomic mass is 16.5. The van der Waals surface area contributed by atoms with Crippen molar-refractivity contribution in [1.82, 2.24) is 20.3 Å². The van der Waals surface area contributed by atoms with Crippen molar-refractivity contribution in [3.05, 3.63) is 41.7 Å². The van der Waals surface area contributed by atoms with E-state index in [-0.39, 0.29) is 12.1 Å². The molecule has 1 heterocycles. The number of nitrogens with one attached hydrogen (secondary N) is 1. The fraction of sp³-hybridized carbons (Fsp3) is 0.467. The Hall–Kier alpha value is -1.88. The Labute approximate surface area is 120 Å². The minimum absolute atomic E-state index is 0.171. The van der Waals surface area contributed by atoms with Crippen LogP contribution in [-0.4, -0.2) is 21.1 Å². The fourth-order valence-corrected chi connectivity index (χ4v) is 2.04. The maximum Gasteiger partial charge on any atom is 0.124 e. The number of rotatable bonds is 6. The second kappa shape index (κ2) is 6.52. The van der Waals surface area contributed by atoms with Gasteiger partial charge in [-0.05, 0) is 26.8 Å². The number of aromatic nitrogens is 3. The van der Waals surface area contributed by atoms with Crippen molar-refractivity contribution in [1.29, 1.82) is 0 Å². The molecular formula is C15H22N4O. The Balaban J connectivity index is 2.05. The molecule has 1 unspecified atom stereocenters. The molecule has 2 rings (SSSR count). The summed E-state index contributed by atoms with van der Waals surface area (Å²) in [5, 5.41) is 11.3. The van der Waals surface area contributed by atoms with Gasteiger partial charge in [-0.2, -0.15) is 0 Å². The van der Waals surface area contributed by atoms with E-state index < -0.39 is 0 Å². The van der Waals surface area contributed by atoms with Crippen LogP contribution in [0.1, 0.15) is 38.1 Å². The predicted molar refractivity (Wildman–Crippen MR) is 78.5 cm³/mol. The maximum atomic E-state index is 5.86. The van der Waals surface area contributed by atoms with E-state index in [1.54, 1.807) is 10.9 Å². The summed E-state index contributed by atoms with van der Waals surface area (Å²) in [7, 11) is 1.89. The van der Waals surface area contributed by atoms with Crippen LogP contribution in [0.15, 0.2) is 30.5 Å². The van der Waals surface area contributed by atoms with Gasteiger partial charge in [-0.15, -0.1) is 5.10 Å². The average Bonchev–Trinajstić information content (AvgIpc) is 2.81. The minimum atomic E-state index is 0.171. The molecule has 0 bridgehead atoms. The van der Waals surface area contributed by atoms with Gasteiger partial charge in [0.25, 0.3) is 0 Å². The second-order valence-corrected chi connectivity index (χ2v) is 5.16. The molecular weight excluding hydrogens is 252 g/mol. The average molecular weight is 274 g/mol. The molecule has 20 heavy (non-hydrogen) atoms. The predicted octanol–water partition coefficient (Wildman–Crippen LogP) is 2.45. The molecule has 0 aliphatic carbocycles. The van der Waals surface area contributed by atoms with Crippen molar-refractivity contribution in [2.45, 2.75) is 39.5 Å². The lowest BCUT2D eigenvalue weighted by Gasteiger charge is -2.19. The van der Waals surface area contributed by atoms with E-state index in [2.05, 4.69) is 28.6 Å². The number of hydrogen-bond donors (Lipinski definition) is 1. The molecule has 0 amide bonds. The summed E-state index contributed by atoms with van der Waals surface area (Å²) in [6, 6.07) is 8.33. The Morgan fingerprint density at radius 2 is 2.00 bits per heavy atom. The van der Waals surface area contributed by atoms with E-state index in [1.165, 1.54) is 0 Å². The molecule has 1 atom stereocenters. The molecule has 0 fully saturated rings. The third kappa shape index (κ3) is 3.57. The van der Waals surface area contributed by atoms with Crippen LogP contribution in [-0.2, 0) is 13.6 Å². The lowest BCUT2D eigenvalue weighted by molar-refractivity contribution is 0.238. The van der Waals surface area contributed by atoms with Gasteiger partial charge in [-0.1, -0.05) is 23.4 Å². The Bertz CT molecular complexity index is 550. The largest absolute Gasteiger partial charge is 0.491 e. The third-order valence-electron chi connectivity index (χ3n) is 3.15. The number of para-hydroxylation sites is 1. The third-order valence-corrected chi connectivity index (χ3v) is 3.15. The molecule has 0 aliphatic rings. The van der Waals surface area contributed by atoms with Gasteiger partial charge in [-0.25, -0.2) is 0 Å². The zero-order chi connectivity index (χ0) is 14.5. The van der Waals surface area contributed by atoms with Crippen molar-refractivity contribution in [3.8, 4) is 5.75 Å². The first-order chi connectivity index (χ1) is 9.58. The summed E-state index contributed by atoms with van der Waals surface area (Å²) in [5.74, 6) is 0.936. The van der Waals surface area contributed by atoms with Crippen molar-refractivity contribution in [3.63, 3.8) is 0 Å². The van der Waals surface area contributed by atoms with Crippen LogP contribution in [0.3, 0.4) is 0 Å². The molecule has 1 aromatic carbocycles. The van der Waals surface area contributed by atoms with E-state index in [0.717, 1.165) is 23.6 Å². The first kappa shape index (κ1) is 14.5. The van der Waals surface area contributed by atoms with Gasteiger partial charge >= 0.3 is 0 Å². The van der Waals surface area contributed by atoms with Gasteiger partial charge in [0.1, 0.15) is 5.75 Å². The molecule has 108 valence electrons. The normalized spacial score (nSPS) is 12.7. The number of hydrogen-bond acceptors (Lipinski definition) is 4. The smallest absolute Gasteiger partial charge is 0.124 e. The Morgan fingerprint density at radius 1 is 1.25 bits per heavy atom. The Morgan fingerprint density at radius 3 is 2.65 bits per heavy atom. The van der Waals surface area contributed by atoms with Gasteiger partial charge in [0.2, 0.25) is 0 Å². The first-order valence-corrected chi connectivity index (χ1v) is 6.90. The van der Waals surface area contributed by atoms with Crippen molar-refractivity contribution in [2.24, 2.45) is 7.05 Å². The summed E-state index contributed by atoms with van der Waals surface area (Å²) < 4.78 is 7.63. The van der Waals surface area contributed by atoms with Gasteiger partial charge < -0.3 is 10.1 Å². The summed E-state index contributed by atoms with van der Waals surface area (Å²) in [5.41, 5.74) is 2.22. The molecule has 2 aromatic rings. The molecule has 0 aliphatic heterocycles. The Kier molecular flexibility index (Phi) is 4.74. The first-order valence-electron chi connectivity index (χ1n) is 6.90. The van der Waals surface area contributed by atoms with Gasteiger partial charge in [0.15, 0.2) is 0 Å². The highest BCUT2D eigenvalue weighted by Crippen LogP contribution is 2.25. The van der Waals surface area contributed by atoms with Crippen LogP contribution in [0.5, 0.6) is 5.75 Å². The van der Waals surface area contributed by atoms with E-state index in [9.17, 15) is 0 Å². The number of benzene rings is 1. The molecule has 5 heteroatoms. The topological polar surface area (TPSA) is 52.0 Å². The SMILES string of the molecule is CC(C)Oc1ccccc1C(C)NCc1cnnn1C. The lowest BCUT2D eigenvalue weighted by atomic mass is 10.1. The summed E-state index contributed by atoms with van der Waals surface area (Å²) in [4.78, 5) is 0. The van der Waals surface area contributed by atoms with Gasteiger partial charge in [0, 0.05) is 25.2 Å². The van der Waals surface area contributed by atoms with E-state index in [1.807, 2.05) is 39.1 Å². The maximum absolute atomic E-state index is 5.86. The van der Waals surface area contributed by atoms with E-state index >= 15 is 0 Å². The number of nitrogens with zero attached hydrogens (tertiary/aromatic N) is 3. The molecule has 1 N–H and O–H groups in total. The highest BCUT2D eigenvalue weighted by Gasteiger charge is 2.12. The van der Waals surface area contributed by atoms with Crippen LogP contribution in [0.2, 0.25) is 0 Å². The molecule has 0 saturated heterocycles. The molecule has 0 saturated carbocycles. The van der Waals surface area contributed by atoms with Crippen LogP contribution in [0, 0.1) is 0 Å². The minimum Gasteiger partial charge on any atom is -0.491 e. The monoisotopic (exact) mass is 274 g/mol. The highest BCUT2D eigenvalue weighted by molar-refractivity contribution is 5.35. The second-order valence-electron chi connectivity index (χ2n) is 5.16. The molecule has 0 spiro atoms. The summed E-state index contributed by atoms with van der Waals surface area (Å²) in [6.45, 7) is 6.93. The van der Waals surface area contributed by atoms with Crippen molar-refractivity contribution >= 4 is 0 Å². The number of aryl methyl sites for hydroxylation is 1. The zero-order valence-electron chi connectivity index (χ0n) is 12.5. The van der Waals surface area contributed by atoms with Gasteiger partial charge in [0.05, 0.1) is 18.0 Å². The van der Waals surface area contributed by atoms with Crippen molar-refractivity contribution < 1.29 is 4.74 Å². The molecule has 1 aromatic heterocycles. The van der Waals surface area contributed by atoms with Crippen LogP contribution in [0.4, 0.5) is 0 Å². The van der Waals surface area contributed by atoms with Crippen molar-refractivity contribution in [2.75, 3.05) is 0 Å². The number of ether oxygens (including phenoxy) is 1. The van der Waals surface area contributed by atoms with Crippen LogP contribution >= 0.6 is 0 Å². The van der Waals surface area contributed by atoms with E-state index in [0.29, 0.717) is 0 Å². The molecule has 5 nitrogen and oxygen atoms in total. The molecule has 0 radical (unpaired) electrons. The summed E-state index contributed by atoms with van der Waals surface area (Å²) >= 11 is 0. The fourth-order valence-electron chi connectivity index (χ4n) is 2.04. The van der Waals surface area contributed by atoms with Crippen LogP contribution < -0.4 is 10.1 Å². The standard InChI is InChI=1S/C15H22N4O/c1-11(2)20-15-8-6-5-7-14(15)12(3)16-9-13-10-17-18-19(13)4/h5-8,10-12,16H,9H2,1-4H3. The van der Waals surface area contributed by atoms with Gasteiger partial charge in [-0.3, -0.25) is 4.68 Å².